The summed E-state index contributed by atoms with van der Waals surface area (Å²) in [6.45, 7) is 3.66. The number of ether oxygens (including phenoxy) is 3. The summed E-state index contributed by atoms with van der Waals surface area (Å²) in [4.78, 5) is 25.3. The molecule has 0 aliphatic heterocycles. The van der Waals surface area contributed by atoms with Crippen LogP contribution in [0.5, 0.6) is 23.0 Å². The average Bonchev–Trinajstić information content (AvgIpc) is 2.76. The largest absolute Gasteiger partial charge is 0.507 e. The molecule has 0 saturated heterocycles. The number of methoxy groups -OCH3 is 3. The van der Waals surface area contributed by atoms with E-state index in [-0.39, 0.29) is 16.9 Å². The summed E-state index contributed by atoms with van der Waals surface area (Å²) in [6.07, 6.45) is 3.35. The molecule has 0 aliphatic rings. The zero-order valence-corrected chi connectivity index (χ0v) is 18.1. The number of aryl methyl sites for hydroxylation is 1. The van der Waals surface area contributed by atoms with E-state index in [1.165, 1.54) is 33.5 Å². The van der Waals surface area contributed by atoms with Crippen LogP contribution >= 0.6 is 0 Å². The number of carbonyl (C=O) groups excluding carboxylic acids is 1. The lowest BCUT2D eigenvalue weighted by Gasteiger charge is -2.13. The lowest BCUT2D eigenvalue weighted by atomic mass is 9.99. The molecule has 3 rings (SSSR count). The number of allylic oxidation sites excluding steroid dienone is 1. The van der Waals surface area contributed by atoms with E-state index in [2.05, 4.69) is 0 Å². The zero-order valence-electron chi connectivity index (χ0n) is 18.1. The van der Waals surface area contributed by atoms with Crippen molar-refractivity contribution in [3.8, 4) is 23.0 Å². The lowest BCUT2D eigenvalue weighted by Crippen LogP contribution is -2.10. The fraction of sp³-hybridized carbons (Fsp3) is 0.250. The second kappa shape index (κ2) is 8.95. The number of ketones is 1. The van der Waals surface area contributed by atoms with Crippen LogP contribution in [0.3, 0.4) is 0 Å². The van der Waals surface area contributed by atoms with Crippen molar-refractivity contribution in [3.63, 3.8) is 0 Å². The number of phenols is 1. The predicted octanol–water partition coefficient (Wildman–Crippen LogP) is 4.29. The van der Waals surface area contributed by atoms with Gasteiger partial charge in [0.1, 0.15) is 11.3 Å². The van der Waals surface area contributed by atoms with Gasteiger partial charge in [-0.15, -0.1) is 0 Å². The third-order valence-corrected chi connectivity index (χ3v) is 5.15. The van der Waals surface area contributed by atoms with Crippen LogP contribution in [0.1, 0.15) is 34.0 Å². The van der Waals surface area contributed by atoms with Crippen molar-refractivity contribution in [2.24, 2.45) is 0 Å². The minimum absolute atomic E-state index is 0.0657. The number of phenolic OH excluding ortho intramolecular Hbond substituents is 1. The maximum absolute atomic E-state index is 13.0. The van der Waals surface area contributed by atoms with Gasteiger partial charge < -0.3 is 23.7 Å². The number of hydrogen-bond acceptors (Lipinski definition) is 7. The van der Waals surface area contributed by atoms with E-state index in [0.717, 1.165) is 5.56 Å². The quantitative estimate of drug-likeness (QED) is 0.343. The van der Waals surface area contributed by atoms with Gasteiger partial charge in [0.05, 0.1) is 21.3 Å². The lowest BCUT2D eigenvalue weighted by molar-refractivity contribution is 0.104. The Morgan fingerprint density at radius 1 is 1.10 bits per heavy atom. The predicted molar refractivity (Wildman–Crippen MR) is 118 cm³/mol. The molecule has 31 heavy (non-hydrogen) atoms. The van der Waals surface area contributed by atoms with E-state index in [1.54, 1.807) is 31.2 Å². The summed E-state index contributed by atoms with van der Waals surface area (Å²) in [6, 6.07) is 6.44. The Kier molecular flexibility index (Phi) is 6.34. The van der Waals surface area contributed by atoms with E-state index < -0.39 is 11.4 Å². The first kappa shape index (κ1) is 22.0. The summed E-state index contributed by atoms with van der Waals surface area (Å²) in [5.74, 6) is 0.540. The molecule has 0 spiro atoms. The Bertz CT molecular complexity index is 1210. The Morgan fingerprint density at radius 3 is 2.29 bits per heavy atom. The number of carbonyl (C=O) groups is 1. The van der Waals surface area contributed by atoms with Crippen molar-refractivity contribution in [3.05, 3.63) is 63.0 Å². The molecule has 0 saturated carbocycles. The van der Waals surface area contributed by atoms with Crippen LogP contribution in [-0.4, -0.2) is 32.2 Å². The van der Waals surface area contributed by atoms with Crippen molar-refractivity contribution >= 4 is 22.8 Å². The summed E-state index contributed by atoms with van der Waals surface area (Å²) in [5, 5.41) is 11.0. The third kappa shape index (κ3) is 3.99. The number of hydrogen-bond donors (Lipinski definition) is 1. The molecule has 0 aliphatic carbocycles. The van der Waals surface area contributed by atoms with Crippen LogP contribution in [0.4, 0.5) is 0 Å². The van der Waals surface area contributed by atoms with Crippen molar-refractivity contribution in [2.75, 3.05) is 21.3 Å². The average molecular weight is 424 g/mol. The van der Waals surface area contributed by atoms with Gasteiger partial charge >= 0.3 is 5.63 Å². The Balaban J connectivity index is 2.09. The van der Waals surface area contributed by atoms with Gasteiger partial charge in [0.15, 0.2) is 22.9 Å². The second-order valence-electron chi connectivity index (χ2n) is 6.84. The molecular weight excluding hydrogens is 400 g/mol. The first-order valence-electron chi connectivity index (χ1n) is 9.66. The number of fused-ring (bicyclic) bond motifs is 1. The van der Waals surface area contributed by atoms with Crippen molar-refractivity contribution in [1.29, 1.82) is 0 Å². The molecule has 1 heterocycles. The maximum atomic E-state index is 13.0. The van der Waals surface area contributed by atoms with Gasteiger partial charge in [-0.1, -0.05) is 13.0 Å². The highest BCUT2D eigenvalue weighted by molar-refractivity contribution is 6.15. The SMILES string of the molecule is CCc1c(C)c2ccc(O)c(C(=O)/C=C/c3cc(OC)c(OC)c(OC)c3)c2oc1=O. The van der Waals surface area contributed by atoms with Gasteiger partial charge in [0.2, 0.25) is 5.75 Å². The van der Waals surface area contributed by atoms with Crippen LogP contribution < -0.4 is 19.8 Å². The van der Waals surface area contributed by atoms with E-state index in [1.807, 2.05) is 6.92 Å². The van der Waals surface area contributed by atoms with E-state index in [0.29, 0.717) is 40.2 Å². The molecule has 0 unspecified atom stereocenters. The molecule has 2 aromatic carbocycles. The molecule has 1 N–H and O–H groups in total. The Labute approximate surface area is 179 Å². The van der Waals surface area contributed by atoms with E-state index >= 15 is 0 Å². The smallest absolute Gasteiger partial charge is 0.339 e. The number of benzene rings is 2. The highest BCUT2D eigenvalue weighted by Gasteiger charge is 2.20. The van der Waals surface area contributed by atoms with Gasteiger partial charge in [0.25, 0.3) is 0 Å². The molecule has 0 radical (unpaired) electrons. The minimum atomic E-state index is -0.513. The standard InChI is InChI=1S/C24H24O7/c1-6-15-13(2)16-8-10-18(26)21(22(16)31-24(15)27)17(25)9-7-14-11-19(28-3)23(30-5)20(12-14)29-4/h7-12,26H,6H2,1-5H3/b9-7+. The highest BCUT2D eigenvalue weighted by atomic mass is 16.5. The molecule has 7 heteroatoms. The summed E-state index contributed by atoms with van der Waals surface area (Å²) < 4.78 is 21.4. The Morgan fingerprint density at radius 2 is 1.74 bits per heavy atom. The monoisotopic (exact) mass is 424 g/mol. The molecule has 1 aromatic heterocycles. The first-order valence-corrected chi connectivity index (χ1v) is 9.66. The van der Waals surface area contributed by atoms with E-state index in [9.17, 15) is 14.7 Å². The normalized spacial score (nSPS) is 11.1. The number of aromatic hydroxyl groups is 1. The van der Waals surface area contributed by atoms with Crippen LogP contribution in [0, 0.1) is 6.92 Å². The van der Waals surface area contributed by atoms with Gasteiger partial charge in [-0.2, -0.15) is 0 Å². The Hall–Kier alpha value is -3.74. The third-order valence-electron chi connectivity index (χ3n) is 5.15. The highest BCUT2D eigenvalue weighted by Crippen LogP contribution is 2.38. The fourth-order valence-corrected chi connectivity index (χ4v) is 3.54. The van der Waals surface area contributed by atoms with Gasteiger partial charge in [-0.25, -0.2) is 4.79 Å². The van der Waals surface area contributed by atoms with Gasteiger partial charge in [-0.05, 0) is 54.8 Å². The molecule has 0 amide bonds. The van der Waals surface area contributed by atoms with Crippen LogP contribution in [0.25, 0.3) is 17.0 Å². The molecule has 3 aromatic rings. The van der Waals surface area contributed by atoms with Crippen molar-refractivity contribution in [2.45, 2.75) is 20.3 Å². The zero-order chi connectivity index (χ0) is 22.7. The van der Waals surface area contributed by atoms with Crippen LogP contribution in [0.15, 0.2) is 39.6 Å². The first-order chi connectivity index (χ1) is 14.9. The molecule has 0 atom stereocenters. The van der Waals surface area contributed by atoms with Crippen molar-refractivity contribution in [1.82, 2.24) is 0 Å². The topological polar surface area (TPSA) is 95.2 Å². The molecule has 7 nitrogen and oxygen atoms in total. The summed E-state index contributed by atoms with van der Waals surface area (Å²) in [7, 11) is 4.50. The van der Waals surface area contributed by atoms with Gasteiger partial charge in [-0.3, -0.25) is 4.79 Å². The summed E-state index contributed by atoms with van der Waals surface area (Å²) in [5.41, 5.74) is 1.39. The number of rotatable bonds is 7. The minimum Gasteiger partial charge on any atom is -0.507 e. The van der Waals surface area contributed by atoms with Crippen molar-refractivity contribution < 1.29 is 28.5 Å². The molecule has 0 fully saturated rings. The summed E-state index contributed by atoms with van der Waals surface area (Å²) >= 11 is 0. The second-order valence-corrected chi connectivity index (χ2v) is 6.84. The van der Waals surface area contributed by atoms with Gasteiger partial charge in [0, 0.05) is 10.9 Å². The molecule has 0 bridgehead atoms. The van der Waals surface area contributed by atoms with E-state index in [4.69, 9.17) is 18.6 Å². The van der Waals surface area contributed by atoms with Crippen LogP contribution in [0.2, 0.25) is 0 Å². The molecular formula is C24H24O7. The fourth-order valence-electron chi connectivity index (χ4n) is 3.54. The molecule has 162 valence electrons. The maximum Gasteiger partial charge on any atom is 0.339 e. The van der Waals surface area contributed by atoms with Crippen LogP contribution in [-0.2, 0) is 6.42 Å².